The summed E-state index contributed by atoms with van der Waals surface area (Å²) in [5, 5.41) is 7.07. The summed E-state index contributed by atoms with van der Waals surface area (Å²) in [6.07, 6.45) is 0.356. The van der Waals surface area contributed by atoms with Crippen molar-refractivity contribution in [3.63, 3.8) is 0 Å². The number of rotatable bonds is 6. The van der Waals surface area contributed by atoms with Crippen LogP contribution in [0.3, 0.4) is 0 Å². The minimum absolute atomic E-state index is 0.159. The molecular weight excluding hydrogens is 399 g/mol. The Morgan fingerprint density at radius 2 is 2.03 bits per heavy atom. The van der Waals surface area contributed by atoms with Crippen molar-refractivity contribution in [3.05, 3.63) is 54.1 Å². The van der Waals surface area contributed by atoms with Gasteiger partial charge in [0.25, 0.3) is 0 Å². The zero-order valence-corrected chi connectivity index (χ0v) is 16.6. The molecule has 0 fully saturated rings. The largest absolute Gasteiger partial charge is 0.467 e. The Bertz CT molecular complexity index is 1050. The van der Waals surface area contributed by atoms with Crippen LogP contribution < -0.4 is 5.32 Å². The molecule has 0 spiro atoms. The van der Waals surface area contributed by atoms with E-state index < -0.39 is 17.9 Å². The molecule has 0 radical (unpaired) electrons. The normalized spacial score (nSPS) is 12.5. The van der Waals surface area contributed by atoms with Crippen LogP contribution in [0.4, 0.5) is 24.8 Å². The second kappa shape index (κ2) is 8.52. The minimum Gasteiger partial charge on any atom is -0.467 e. The number of alkyl halides is 3. The number of anilines is 2. The number of hydrogen-bond donors (Lipinski definition) is 1. The fourth-order valence-corrected chi connectivity index (χ4v) is 2.98. The van der Waals surface area contributed by atoms with E-state index in [2.05, 4.69) is 20.4 Å². The summed E-state index contributed by atoms with van der Waals surface area (Å²) in [5.74, 6) is -0.547. The van der Waals surface area contributed by atoms with Gasteiger partial charge in [0, 0.05) is 23.6 Å². The highest BCUT2D eigenvalue weighted by Gasteiger charge is 2.32. The first-order valence-corrected chi connectivity index (χ1v) is 9.12. The van der Waals surface area contributed by atoms with Gasteiger partial charge >= 0.3 is 12.1 Å². The van der Waals surface area contributed by atoms with E-state index in [1.54, 1.807) is 24.5 Å². The molecule has 0 bridgehead atoms. The zero-order chi connectivity index (χ0) is 21.9. The van der Waals surface area contributed by atoms with Crippen molar-refractivity contribution in [2.24, 2.45) is 0 Å². The van der Waals surface area contributed by atoms with Gasteiger partial charge in [-0.05, 0) is 42.7 Å². The molecule has 0 aliphatic rings. The maximum absolute atomic E-state index is 12.9. The Hall–Kier alpha value is -3.43. The van der Waals surface area contributed by atoms with Gasteiger partial charge in [-0.3, -0.25) is 4.68 Å². The maximum atomic E-state index is 12.9. The molecule has 1 aromatic carbocycles. The maximum Gasteiger partial charge on any atom is 0.433 e. The third-order valence-corrected chi connectivity index (χ3v) is 4.39. The molecule has 2 aromatic heterocycles. The molecule has 1 atom stereocenters. The lowest BCUT2D eigenvalue weighted by Gasteiger charge is -2.12. The second-order valence-electron chi connectivity index (χ2n) is 6.63. The van der Waals surface area contributed by atoms with E-state index >= 15 is 0 Å². The summed E-state index contributed by atoms with van der Waals surface area (Å²) in [4.78, 5) is 19.3. The number of ether oxygens (including phenoxy) is 1. The van der Waals surface area contributed by atoms with Crippen LogP contribution in [0.5, 0.6) is 0 Å². The molecule has 7 nitrogen and oxygen atoms in total. The Labute approximate surface area is 170 Å². The van der Waals surface area contributed by atoms with Crippen LogP contribution in [-0.4, -0.2) is 32.8 Å². The average Bonchev–Trinajstić information content (AvgIpc) is 3.17. The Morgan fingerprint density at radius 1 is 1.27 bits per heavy atom. The fourth-order valence-electron chi connectivity index (χ4n) is 2.98. The third-order valence-electron chi connectivity index (χ3n) is 4.39. The number of nitrogens with zero attached hydrogens (tertiary/aromatic N) is 4. The molecule has 0 saturated heterocycles. The predicted octanol–water partition coefficient (Wildman–Crippen LogP) is 4.54. The number of benzene rings is 1. The first-order valence-electron chi connectivity index (χ1n) is 9.12. The van der Waals surface area contributed by atoms with Gasteiger partial charge in [-0.15, -0.1) is 0 Å². The number of hydrogen-bond acceptors (Lipinski definition) is 6. The van der Waals surface area contributed by atoms with Crippen LogP contribution in [-0.2, 0) is 15.7 Å². The third kappa shape index (κ3) is 4.76. The molecule has 1 N–H and O–H groups in total. The lowest BCUT2D eigenvalue weighted by molar-refractivity contribution is -0.145. The quantitative estimate of drug-likeness (QED) is 0.591. The average molecular weight is 419 g/mol. The topological polar surface area (TPSA) is 81.9 Å². The molecule has 0 saturated carbocycles. The Morgan fingerprint density at radius 3 is 2.70 bits per heavy atom. The zero-order valence-electron chi connectivity index (χ0n) is 16.6. The SMILES string of the molecule is CCC(C(=O)OC)n1cc(-c2cc(C)cc(Nc3nccc(C(F)(F)F)n3)c2)cn1. The van der Waals surface area contributed by atoms with E-state index in [1.165, 1.54) is 11.8 Å². The van der Waals surface area contributed by atoms with Crippen LogP contribution in [0.25, 0.3) is 11.1 Å². The molecule has 30 heavy (non-hydrogen) atoms. The lowest BCUT2D eigenvalue weighted by atomic mass is 10.1. The van der Waals surface area contributed by atoms with Gasteiger partial charge in [-0.2, -0.15) is 18.3 Å². The Balaban J connectivity index is 1.89. The van der Waals surface area contributed by atoms with E-state index in [1.807, 2.05) is 19.9 Å². The molecule has 3 aromatic rings. The summed E-state index contributed by atoms with van der Waals surface area (Å²) < 4.78 is 45.0. The number of aromatic nitrogens is 4. The van der Waals surface area contributed by atoms with Crippen LogP contribution in [0, 0.1) is 6.92 Å². The van der Waals surface area contributed by atoms with E-state index in [0.717, 1.165) is 29.0 Å². The van der Waals surface area contributed by atoms with Crippen LogP contribution in [0.2, 0.25) is 0 Å². The standard InChI is InChI=1S/C20H20F3N5O2/c1-4-16(18(29)30-3)28-11-14(10-25-28)13-7-12(2)8-15(9-13)26-19-24-6-5-17(27-19)20(21,22)23/h5-11,16H,4H2,1-3H3,(H,24,26,27). The van der Waals surface area contributed by atoms with Gasteiger partial charge in [0.05, 0.1) is 13.3 Å². The minimum atomic E-state index is -4.55. The van der Waals surface area contributed by atoms with E-state index in [-0.39, 0.29) is 11.9 Å². The van der Waals surface area contributed by atoms with Gasteiger partial charge in [0.1, 0.15) is 11.7 Å². The summed E-state index contributed by atoms with van der Waals surface area (Å²) in [6, 6.07) is 5.69. The molecule has 1 unspecified atom stereocenters. The monoisotopic (exact) mass is 419 g/mol. The van der Waals surface area contributed by atoms with Crippen LogP contribution in [0.15, 0.2) is 42.9 Å². The smallest absolute Gasteiger partial charge is 0.433 e. The highest BCUT2D eigenvalue weighted by molar-refractivity contribution is 5.75. The number of carbonyl (C=O) groups is 1. The van der Waals surface area contributed by atoms with Gasteiger partial charge in [0.15, 0.2) is 0 Å². The summed E-state index contributed by atoms with van der Waals surface area (Å²) in [6.45, 7) is 3.71. The molecule has 158 valence electrons. The van der Waals surface area contributed by atoms with Gasteiger partial charge < -0.3 is 10.1 Å². The number of carbonyl (C=O) groups excluding carboxylic acids is 1. The molecule has 0 aliphatic carbocycles. The molecule has 0 amide bonds. The first-order chi connectivity index (χ1) is 14.2. The lowest BCUT2D eigenvalue weighted by Crippen LogP contribution is -2.20. The van der Waals surface area contributed by atoms with E-state index in [9.17, 15) is 18.0 Å². The summed E-state index contributed by atoms with van der Waals surface area (Å²) in [7, 11) is 1.32. The van der Waals surface area contributed by atoms with Gasteiger partial charge in [-0.1, -0.05) is 13.0 Å². The van der Waals surface area contributed by atoms with E-state index in [0.29, 0.717) is 12.1 Å². The summed E-state index contributed by atoms with van der Waals surface area (Å²) >= 11 is 0. The van der Waals surface area contributed by atoms with Crippen molar-refractivity contribution in [1.82, 2.24) is 19.7 Å². The van der Waals surface area contributed by atoms with Gasteiger partial charge in [-0.25, -0.2) is 14.8 Å². The number of halogens is 3. The molecule has 3 rings (SSSR count). The summed E-state index contributed by atoms with van der Waals surface area (Å²) in [5.41, 5.74) is 1.89. The number of esters is 1. The number of aryl methyl sites for hydroxylation is 1. The van der Waals surface area contributed by atoms with Gasteiger partial charge in [0.2, 0.25) is 5.95 Å². The Kier molecular flexibility index (Phi) is 6.04. The fraction of sp³-hybridized carbons (Fsp3) is 0.300. The van der Waals surface area contributed by atoms with Crippen molar-refractivity contribution in [3.8, 4) is 11.1 Å². The van der Waals surface area contributed by atoms with Crippen molar-refractivity contribution in [2.45, 2.75) is 32.5 Å². The van der Waals surface area contributed by atoms with Crippen LogP contribution in [0.1, 0.15) is 30.6 Å². The molecule has 10 heteroatoms. The second-order valence-corrected chi connectivity index (χ2v) is 6.63. The van der Waals surface area contributed by atoms with E-state index in [4.69, 9.17) is 4.74 Å². The highest BCUT2D eigenvalue weighted by atomic mass is 19.4. The van der Waals surface area contributed by atoms with Crippen molar-refractivity contribution in [1.29, 1.82) is 0 Å². The van der Waals surface area contributed by atoms with Crippen molar-refractivity contribution < 1.29 is 22.7 Å². The molecule has 2 heterocycles. The number of nitrogens with one attached hydrogen (secondary N) is 1. The molecule has 0 aliphatic heterocycles. The first kappa shape index (κ1) is 21.3. The van der Waals surface area contributed by atoms with Crippen LogP contribution >= 0.6 is 0 Å². The molecular formula is C20H20F3N5O2. The highest BCUT2D eigenvalue weighted by Crippen LogP contribution is 2.29. The van der Waals surface area contributed by atoms with Crippen molar-refractivity contribution >= 4 is 17.6 Å². The number of methoxy groups -OCH3 is 1. The van der Waals surface area contributed by atoms with Crippen molar-refractivity contribution in [2.75, 3.05) is 12.4 Å². The predicted molar refractivity (Wildman–Crippen MR) is 104 cm³/mol.